The molecule has 0 unspecified atom stereocenters. The number of alkyl halides is 1. The van der Waals surface area contributed by atoms with Gasteiger partial charge in [0.25, 0.3) is 0 Å². The third-order valence-corrected chi connectivity index (χ3v) is 3.73. The molecule has 0 saturated heterocycles. The van der Waals surface area contributed by atoms with E-state index in [4.69, 9.17) is 11.6 Å². The van der Waals surface area contributed by atoms with Gasteiger partial charge in [0.1, 0.15) is 0 Å². The number of nitrogens with one attached hydrogen (secondary N) is 1. The second-order valence-corrected chi connectivity index (χ2v) is 5.19. The summed E-state index contributed by atoms with van der Waals surface area (Å²) in [6.45, 7) is 6.11. The summed E-state index contributed by atoms with van der Waals surface area (Å²) in [7, 11) is 0. The molecule has 2 rings (SSSR count). The van der Waals surface area contributed by atoms with Gasteiger partial charge in [0.05, 0.1) is 0 Å². The van der Waals surface area contributed by atoms with Crippen LogP contribution in [0.5, 0.6) is 0 Å². The van der Waals surface area contributed by atoms with E-state index in [1.54, 1.807) is 0 Å². The van der Waals surface area contributed by atoms with Crippen molar-refractivity contribution in [3.05, 3.63) is 70.3 Å². The molecular formula is C17H20ClN. The predicted molar refractivity (Wildman–Crippen MR) is 82.5 cm³/mol. The van der Waals surface area contributed by atoms with Crippen molar-refractivity contribution in [2.75, 3.05) is 0 Å². The van der Waals surface area contributed by atoms with Gasteiger partial charge in [-0.3, -0.25) is 0 Å². The van der Waals surface area contributed by atoms with Crippen LogP contribution in [0.15, 0.2) is 42.5 Å². The molecule has 0 radical (unpaired) electrons. The van der Waals surface area contributed by atoms with Gasteiger partial charge in [0, 0.05) is 19.0 Å². The van der Waals surface area contributed by atoms with Gasteiger partial charge < -0.3 is 5.32 Å². The van der Waals surface area contributed by atoms with Crippen molar-refractivity contribution < 1.29 is 0 Å². The van der Waals surface area contributed by atoms with Gasteiger partial charge in [-0.25, -0.2) is 0 Å². The molecule has 0 aliphatic rings. The van der Waals surface area contributed by atoms with Gasteiger partial charge in [-0.15, -0.1) is 11.6 Å². The lowest BCUT2D eigenvalue weighted by atomic mass is 10.0. The van der Waals surface area contributed by atoms with Crippen molar-refractivity contribution in [2.24, 2.45) is 0 Å². The topological polar surface area (TPSA) is 12.0 Å². The molecule has 0 heterocycles. The summed E-state index contributed by atoms with van der Waals surface area (Å²) in [6, 6.07) is 14.8. The molecule has 2 aromatic carbocycles. The van der Waals surface area contributed by atoms with Crippen LogP contribution in [-0.2, 0) is 19.0 Å². The highest BCUT2D eigenvalue weighted by atomic mass is 35.5. The van der Waals surface area contributed by atoms with Crippen molar-refractivity contribution in [1.29, 1.82) is 0 Å². The highest BCUT2D eigenvalue weighted by molar-refractivity contribution is 6.17. The maximum Gasteiger partial charge on any atom is 0.0474 e. The fourth-order valence-corrected chi connectivity index (χ4v) is 2.45. The second kappa shape index (κ2) is 6.74. The van der Waals surface area contributed by atoms with Crippen LogP contribution >= 0.6 is 11.6 Å². The van der Waals surface area contributed by atoms with E-state index in [0.29, 0.717) is 5.88 Å². The lowest BCUT2D eigenvalue weighted by Gasteiger charge is -2.11. The molecule has 0 spiro atoms. The van der Waals surface area contributed by atoms with E-state index in [0.717, 1.165) is 13.1 Å². The summed E-state index contributed by atoms with van der Waals surface area (Å²) >= 11 is 5.85. The number of rotatable bonds is 5. The average molecular weight is 274 g/mol. The second-order valence-electron chi connectivity index (χ2n) is 4.93. The van der Waals surface area contributed by atoms with Crippen LogP contribution in [0.3, 0.4) is 0 Å². The molecule has 0 bridgehead atoms. The molecule has 0 fully saturated rings. The van der Waals surface area contributed by atoms with Crippen molar-refractivity contribution in [3.8, 4) is 0 Å². The molecule has 0 amide bonds. The maximum atomic E-state index is 5.85. The molecule has 0 aliphatic heterocycles. The van der Waals surface area contributed by atoms with Gasteiger partial charge in [0.2, 0.25) is 0 Å². The molecule has 19 heavy (non-hydrogen) atoms. The molecule has 100 valence electrons. The number of benzene rings is 2. The zero-order chi connectivity index (χ0) is 13.7. The Morgan fingerprint density at radius 1 is 0.895 bits per heavy atom. The minimum Gasteiger partial charge on any atom is -0.309 e. The Kier molecular flexibility index (Phi) is 5.00. The summed E-state index contributed by atoms with van der Waals surface area (Å²) in [5.41, 5.74) is 6.55. The summed E-state index contributed by atoms with van der Waals surface area (Å²) in [4.78, 5) is 0. The molecule has 2 heteroatoms. The van der Waals surface area contributed by atoms with Crippen molar-refractivity contribution in [1.82, 2.24) is 5.32 Å². The Morgan fingerprint density at radius 2 is 1.53 bits per heavy atom. The van der Waals surface area contributed by atoms with E-state index in [1.165, 1.54) is 27.8 Å². The number of halogens is 1. The Morgan fingerprint density at radius 3 is 2.21 bits per heavy atom. The molecule has 0 atom stereocenters. The predicted octanol–water partition coefficient (Wildman–Crippen LogP) is 4.33. The third kappa shape index (κ3) is 3.82. The molecule has 0 aromatic heterocycles. The zero-order valence-corrected chi connectivity index (χ0v) is 12.3. The Balaban J connectivity index is 1.96. The third-order valence-electron chi connectivity index (χ3n) is 3.42. The average Bonchev–Trinajstić information content (AvgIpc) is 2.42. The maximum absolute atomic E-state index is 5.85. The van der Waals surface area contributed by atoms with Crippen molar-refractivity contribution >= 4 is 11.6 Å². The molecule has 2 aromatic rings. The van der Waals surface area contributed by atoms with E-state index in [2.05, 4.69) is 61.6 Å². The lowest BCUT2D eigenvalue weighted by Crippen LogP contribution is -2.14. The first-order valence-corrected chi connectivity index (χ1v) is 7.13. The van der Waals surface area contributed by atoms with E-state index in [9.17, 15) is 0 Å². The molecular weight excluding hydrogens is 254 g/mol. The Labute approximate surface area is 120 Å². The smallest absolute Gasteiger partial charge is 0.0474 e. The highest BCUT2D eigenvalue weighted by Gasteiger charge is 2.01. The van der Waals surface area contributed by atoms with Gasteiger partial charge in [-0.2, -0.15) is 0 Å². The summed E-state index contributed by atoms with van der Waals surface area (Å²) < 4.78 is 0. The van der Waals surface area contributed by atoms with Gasteiger partial charge in [-0.1, -0.05) is 42.5 Å². The number of aryl methyl sites for hydroxylation is 2. The van der Waals surface area contributed by atoms with E-state index >= 15 is 0 Å². The summed E-state index contributed by atoms with van der Waals surface area (Å²) in [6.07, 6.45) is 0. The monoisotopic (exact) mass is 273 g/mol. The first-order valence-electron chi connectivity index (χ1n) is 6.60. The van der Waals surface area contributed by atoms with Crippen LogP contribution in [0, 0.1) is 13.8 Å². The normalized spacial score (nSPS) is 10.7. The lowest BCUT2D eigenvalue weighted by molar-refractivity contribution is 0.687. The van der Waals surface area contributed by atoms with Crippen molar-refractivity contribution in [3.63, 3.8) is 0 Å². The van der Waals surface area contributed by atoms with Crippen LogP contribution in [0.4, 0.5) is 0 Å². The van der Waals surface area contributed by atoms with Gasteiger partial charge >= 0.3 is 0 Å². The standard InChI is InChI=1S/C17H20ClN/c1-13-5-3-6-14(2)17(13)12-19-11-16-8-4-7-15(9-16)10-18/h3-9,19H,10-12H2,1-2H3. The van der Waals surface area contributed by atoms with Gasteiger partial charge in [0.15, 0.2) is 0 Å². The highest BCUT2D eigenvalue weighted by Crippen LogP contribution is 2.13. The molecule has 1 nitrogen and oxygen atoms in total. The van der Waals surface area contributed by atoms with Gasteiger partial charge in [-0.05, 0) is 41.7 Å². The van der Waals surface area contributed by atoms with Crippen LogP contribution in [0.1, 0.15) is 27.8 Å². The zero-order valence-electron chi connectivity index (χ0n) is 11.5. The van der Waals surface area contributed by atoms with Crippen LogP contribution < -0.4 is 5.32 Å². The number of hydrogen-bond donors (Lipinski definition) is 1. The fraction of sp³-hybridized carbons (Fsp3) is 0.294. The molecule has 0 saturated carbocycles. The minimum absolute atomic E-state index is 0.574. The quantitative estimate of drug-likeness (QED) is 0.800. The van der Waals surface area contributed by atoms with E-state index < -0.39 is 0 Å². The van der Waals surface area contributed by atoms with E-state index in [-0.39, 0.29) is 0 Å². The Hall–Kier alpha value is -1.31. The first kappa shape index (κ1) is 14.1. The Bertz CT molecular complexity index is 528. The van der Waals surface area contributed by atoms with Crippen molar-refractivity contribution in [2.45, 2.75) is 32.8 Å². The summed E-state index contributed by atoms with van der Waals surface area (Å²) in [5.74, 6) is 0.574. The van der Waals surface area contributed by atoms with Crippen LogP contribution in [0.2, 0.25) is 0 Å². The number of hydrogen-bond acceptors (Lipinski definition) is 1. The first-order chi connectivity index (χ1) is 9.20. The minimum atomic E-state index is 0.574. The fourth-order valence-electron chi connectivity index (χ4n) is 2.28. The van der Waals surface area contributed by atoms with Crippen LogP contribution in [0.25, 0.3) is 0 Å². The molecule has 1 N–H and O–H groups in total. The van der Waals surface area contributed by atoms with E-state index in [1.807, 2.05) is 0 Å². The largest absolute Gasteiger partial charge is 0.309 e. The molecule has 0 aliphatic carbocycles. The SMILES string of the molecule is Cc1cccc(C)c1CNCc1cccc(CCl)c1. The van der Waals surface area contributed by atoms with Crippen LogP contribution in [-0.4, -0.2) is 0 Å². The summed E-state index contributed by atoms with van der Waals surface area (Å²) in [5, 5.41) is 3.51.